The van der Waals surface area contributed by atoms with E-state index in [1.165, 1.54) is 25.7 Å². The van der Waals surface area contributed by atoms with Crippen LogP contribution in [0, 0.1) is 0 Å². The molecule has 0 radical (unpaired) electrons. The molecule has 6 nitrogen and oxygen atoms in total. The molecule has 0 saturated heterocycles. The first kappa shape index (κ1) is 62.3. The van der Waals surface area contributed by atoms with Crippen molar-refractivity contribution in [2.75, 3.05) is 13.2 Å². The molecule has 67 heavy (non-hydrogen) atoms. The van der Waals surface area contributed by atoms with Gasteiger partial charge >= 0.3 is 17.9 Å². The Morgan fingerprint density at radius 2 is 0.612 bits per heavy atom. The smallest absolute Gasteiger partial charge is 0.306 e. The summed E-state index contributed by atoms with van der Waals surface area (Å²) in [6.45, 7) is 6.24. The highest BCUT2D eigenvalue weighted by Gasteiger charge is 2.19. The molecule has 0 amide bonds. The van der Waals surface area contributed by atoms with Gasteiger partial charge < -0.3 is 14.2 Å². The summed E-state index contributed by atoms with van der Waals surface area (Å²) in [7, 11) is 0. The van der Waals surface area contributed by atoms with Gasteiger partial charge in [-0.15, -0.1) is 0 Å². The van der Waals surface area contributed by atoms with Gasteiger partial charge in [-0.3, -0.25) is 14.4 Å². The summed E-state index contributed by atoms with van der Waals surface area (Å²) in [4.78, 5) is 38.0. The normalized spacial score (nSPS) is 13.3. The molecule has 374 valence electrons. The van der Waals surface area contributed by atoms with Gasteiger partial charge in [-0.2, -0.15) is 0 Å². The van der Waals surface area contributed by atoms with E-state index in [-0.39, 0.29) is 38.0 Å². The second-order valence-corrected chi connectivity index (χ2v) is 16.7. The Bertz CT molecular complexity index is 1530. The highest BCUT2D eigenvalue weighted by atomic mass is 16.6. The molecule has 0 N–H and O–H groups in total. The monoisotopic (exact) mass is 923 g/mol. The first-order valence-electron chi connectivity index (χ1n) is 26.3. The summed E-state index contributed by atoms with van der Waals surface area (Å²) >= 11 is 0. The molecule has 0 bridgehead atoms. The molecule has 0 aliphatic carbocycles. The Balaban J connectivity index is 4.63. The van der Waals surface area contributed by atoms with Crippen LogP contribution in [0.5, 0.6) is 0 Å². The maximum Gasteiger partial charge on any atom is 0.306 e. The van der Waals surface area contributed by atoms with E-state index in [1.54, 1.807) is 0 Å². The molecule has 6 heteroatoms. The predicted molar refractivity (Wildman–Crippen MR) is 288 cm³/mol. The van der Waals surface area contributed by atoms with Crippen molar-refractivity contribution in [1.29, 1.82) is 0 Å². The third kappa shape index (κ3) is 52.1. The van der Waals surface area contributed by atoms with Crippen LogP contribution in [0.25, 0.3) is 0 Å². The maximum absolute atomic E-state index is 12.8. The number of unbranched alkanes of at least 4 members (excludes halogenated alkanes) is 10. The zero-order chi connectivity index (χ0) is 48.6. The number of esters is 3. The number of carbonyl (C=O) groups excluding carboxylic acids is 3. The molecule has 0 unspecified atom stereocenters. The summed E-state index contributed by atoms with van der Waals surface area (Å²) in [6, 6.07) is 0. The number of carbonyl (C=O) groups is 3. The lowest BCUT2D eigenvalue weighted by Crippen LogP contribution is -2.30. The molecule has 0 fully saturated rings. The van der Waals surface area contributed by atoms with Crippen LogP contribution in [0.3, 0.4) is 0 Å². The highest BCUT2D eigenvalue weighted by Crippen LogP contribution is 2.11. The van der Waals surface area contributed by atoms with E-state index < -0.39 is 12.1 Å². The van der Waals surface area contributed by atoms with Crippen molar-refractivity contribution in [3.63, 3.8) is 0 Å². The van der Waals surface area contributed by atoms with Gasteiger partial charge in [-0.1, -0.05) is 199 Å². The molecule has 1 atom stereocenters. The summed E-state index contributed by atoms with van der Waals surface area (Å²) in [5, 5.41) is 0. The lowest BCUT2D eigenvalue weighted by atomic mass is 10.1. The van der Waals surface area contributed by atoms with Gasteiger partial charge in [-0.25, -0.2) is 0 Å². The summed E-state index contributed by atoms with van der Waals surface area (Å²) in [6.07, 6.45) is 77.0. The molecule has 0 aromatic heterocycles. The van der Waals surface area contributed by atoms with Gasteiger partial charge in [0, 0.05) is 19.3 Å². The van der Waals surface area contributed by atoms with Gasteiger partial charge in [0.25, 0.3) is 0 Å². The standard InChI is InChI=1S/C61H94O6/c1-4-7-10-13-16-19-22-25-28-29-30-31-34-37-40-43-46-49-52-55-61(64)67-58(56-65-59(62)53-50-47-44-41-38-35-32-26-23-20-17-14-11-8-5-2)57-66-60(63)54-51-48-45-42-39-36-33-27-24-21-18-15-12-9-6-3/h8-9,11-12,16-21,25-28,30-33,37-38,40-41,46,49,58H,4-7,10,13-15,22-24,29,34-36,39,42-45,47-48,50-57H2,1-3H3/b11-8-,12-9-,19-16-,20-17-,21-18-,28-25-,31-30-,32-26-,33-27-,40-37-,41-38-,49-46-/t58-/m1/s1. The third-order valence-electron chi connectivity index (χ3n) is 10.3. The van der Waals surface area contributed by atoms with Crippen molar-refractivity contribution in [2.24, 2.45) is 0 Å². The van der Waals surface area contributed by atoms with Crippen LogP contribution in [0.1, 0.15) is 201 Å². The fourth-order valence-electron chi connectivity index (χ4n) is 6.43. The topological polar surface area (TPSA) is 78.9 Å². The van der Waals surface area contributed by atoms with Crippen LogP contribution in [-0.2, 0) is 28.6 Å². The average molecular weight is 923 g/mol. The summed E-state index contributed by atoms with van der Waals surface area (Å²) < 4.78 is 16.7. The molecule has 0 spiro atoms. The minimum absolute atomic E-state index is 0.136. The summed E-state index contributed by atoms with van der Waals surface area (Å²) in [5.74, 6) is -1.09. The van der Waals surface area contributed by atoms with Crippen LogP contribution in [0.2, 0.25) is 0 Å². The fourth-order valence-corrected chi connectivity index (χ4v) is 6.43. The van der Waals surface area contributed by atoms with Crippen LogP contribution >= 0.6 is 0 Å². The van der Waals surface area contributed by atoms with Crippen molar-refractivity contribution in [3.05, 3.63) is 146 Å². The quantitative estimate of drug-likeness (QED) is 0.0262. The van der Waals surface area contributed by atoms with Crippen LogP contribution < -0.4 is 0 Å². The molecule has 0 aliphatic rings. The Labute approximate surface area is 410 Å². The van der Waals surface area contributed by atoms with Gasteiger partial charge in [0.05, 0.1) is 0 Å². The number of hydrogen-bond acceptors (Lipinski definition) is 6. The predicted octanol–water partition coefficient (Wildman–Crippen LogP) is 17.6. The Kier molecular flexibility index (Phi) is 50.1. The van der Waals surface area contributed by atoms with Crippen LogP contribution in [0.4, 0.5) is 0 Å². The van der Waals surface area contributed by atoms with Gasteiger partial charge in [0.2, 0.25) is 0 Å². The van der Waals surface area contributed by atoms with Gasteiger partial charge in [0.15, 0.2) is 6.10 Å². The zero-order valence-corrected chi connectivity index (χ0v) is 42.6. The average Bonchev–Trinajstić information content (AvgIpc) is 3.33. The van der Waals surface area contributed by atoms with E-state index in [0.717, 1.165) is 122 Å². The molecule has 0 aromatic carbocycles. The van der Waals surface area contributed by atoms with Gasteiger partial charge in [-0.05, 0) is 128 Å². The van der Waals surface area contributed by atoms with E-state index >= 15 is 0 Å². The van der Waals surface area contributed by atoms with Crippen molar-refractivity contribution in [3.8, 4) is 0 Å². The number of ether oxygens (including phenoxy) is 3. The van der Waals surface area contributed by atoms with Crippen LogP contribution in [-0.4, -0.2) is 37.2 Å². The second kappa shape index (κ2) is 53.9. The largest absolute Gasteiger partial charge is 0.462 e. The highest BCUT2D eigenvalue weighted by molar-refractivity contribution is 5.71. The van der Waals surface area contributed by atoms with Crippen molar-refractivity contribution >= 4 is 17.9 Å². The van der Waals surface area contributed by atoms with Gasteiger partial charge in [0.1, 0.15) is 13.2 Å². The van der Waals surface area contributed by atoms with Crippen molar-refractivity contribution in [1.82, 2.24) is 0 Å². The lowest BCUT2D eigenvalue weighted by molar-refractivity contribution is -0.166. The molecular weight excluding hydrogens is 829 g/mol. The van der Waals surface area contributed by atoms with Crippen LogP contribution in [0.15, 0.2) is 146 Å². The summed E-state index contributed by atoms with van der Waals surface area (Å²) in [5.41, 5.74) is 0. The Morgan fingerprint density at radius 3 is 1.00 bits per heavy atom. The second-order valence-electron chi connectivity index (χ2n) is 16.7. The SMILES string of the molecule is CC/C=C\C/C=C\C/C=C\C/C=C\CCCCC(=O)OC[C@H](COC(=O)CCCCCCC/C=C\C/C=C\C/C=C\CC)OC(=O)CC/C=C\C/C=C\C/C=C\C/C=C\C/C=C\CCCCC. The van der Waals surface area contributed by atoms with E-state index in [1.807, 2.05) is 12.2 Å². The zero-order valence-electron chi connectivity index (χ0n) is 42.6. The molecule has 0 rings (SSSR count). The van der Waals surface area contributed by atoms with Crippen molar-refractivity contribution < 1.29 is 28.6 Å². The first-order valence-corrected chi connectivity index (χ1v) is 26.3. The third-order valence-corrected chi connectivity index (χ3v) is 10.3. The molecule has 0 aromatic rings. The van der Waals surface area contributed by atoms with E-state index in [0.29, 0.717) is 19.3 Å². The minimum Gasteiger partial charge on any atom is -0.462 e. The minimum atomic E-state index is -0.848. The fraction of sp³-hybridized carbons (Fsp3) is 0.557. The Morgan fingerprint density at radius 1 is 0.313 bits per heavy atom. The number of hydrogen-bond donors (Lipinski definition) is 0. The number of rotatable bonds is 45. The molecule has 0 heterocycles. The molecule has 0 saturated carbocycles. The van der Waals surface area contributed by atoms with E-state index in [2.05, 4.69) is 154 Å². The first-order chi connectivity index (χ1) is 33.0. The Hall–Kier alpha value is -4.71. The molecular formula is C61H94O6. The van der Waals surface area contributed by atoms with E-state index in [9.17, 15) is 14.4 Å². The van der Waals surface area contributed by atoms with Crippen molar-refractivity contribution in [2.45, 2.75) is 207 Å². The maximum atomic E-state index is 12.8. The van der Waals surface area contributed by atoms with E-state index in [4.69, 9.17) is 14.2 Å². The lowest BCUT2D eigenvalue weighted by Gasteiger charge is -2.18. The number of allylic oxidation sites excluding steroid dienone is 24. The molecule has 0 aliphatic heterocycles.